The summed E-state index contributed by atoms with van der Waals surface area (Å²) in [4.78, 5) is 20.2. The average Bonchev–Trinajstić information content (AvgIpc) is 3.37. The van der Waals surface area contributed by atoms with Gasteiger partial charge in [0.15, 0.2) is 0 Å². The number of carbonyl (C=O) groups excluding carboxylic acids is 1. The summed E-state index contributed by atoms with van der Waals surface area (Å²) in [5, 5.41) is 0. The van der Waals surface area contributed by atoms with Gasteiger partial charge in [0.1, 0.15) is 17.3 Å². The molecule has 1 amide bonds. The van der Waals surface area contributed by atoms with Gasteiger partial charge in [0, 0.05) is 45.0 Å². The van der Waals surface area contributed by atoms with E-state index in [0.29, 0.717) is 13.0 Å². The van der Waals surface area contributed by atoms with Gasteiger partial charge < -0.3 is 19.0 Å². The first-order valence-corrected chi connectivity index (χ1v) is 11.7. The van der Waals surface area contributed by atoms with Crippen molar-refractivity contribution >= 4 is 11.6 Å². The predicted molar refractivity (Wildman–Crippen MR) is 128 cm³/mol. The summed E-state index contributed by atoms with van der Waals surface area (Å²) >= 11 is 0. The Morgan fingerprint density at radius 1 is 1.18 bits per heavy atom. The maximum Gasteiger partial charge on any atom is 0.228 e. The van der Waals surface area contributed by atoms with Crippen LogP contribution in [0, 0.1) is 11.7 Å². The number of rotatable bonds is 6. The number of furan rings is 1. The summed E-state index contributed by atoms with van der Waals surface area (Å²) in [5.74, 6) is 1.33. The molecule has 1 fully saturated rings. The highest BCUT2D eigenvalue weighted by atomic mass is 19.1. The molecular formula is C27H30FN3O3. The summed E-state index contributed by atoms with van der Waals surface area (Å²) in [7, 11) is 3.52. The van der Waals surface area contributed by atoms with E-state index in [4.69, 9.17) is 9.15 Å². The van der Waals surface area contributed by atoms with Crippen LogP contribution in [0.3, 0.4) is 0 Å². The second-order valence-corrected chi connectivity index (χ2v) is 9.20. The molecule has 0 N–H and O–H groups in total. The molecule has 178 valence electrons. The van der Waals surface area contributed by atoms with Crippen LogP contribution in [0.5, 0.6) is 5.75 Å². The third-order valence-corrected chi connectivity index (χ3v) is 6.99. The first kappa shape index (κ1) is 22.5. The van der Waals surface area contributed by atoms with Crippen LogP contribution in [0.1, 0.15) is 16.9 Å². The molecular weight excluding hydrogens is 433 g/mol. The quantitative estimate of drug-likeness (QED) is 0.554. The first-order chi connectivity index (χ1) is 16.5. The molecule has 2 atom stereocenters. The lowest BCUT2D eigenvalue weighted by molar-refractivity contribution is -0.136. The van der Waals surface area contributed by atoms with Crippen molar-refractivity contribution in [2.75, 3.05) is 38.7 Å². The van der Waals surface area contributed by atoms with Crippen molar-refractivity contribution in [3.05, 3.63) is 83.6 Å². The molecule has 0 spiro atoms. The number of nitrogens with zero attached hydrogens (tertiary/aromatic N) is 3. The Labute approximate surface area is 199 Å². The van der Waals surface area contributed by atoms with E-state index in [1.54, 1.807) is 18.3 Å². The van der Waals surface area contributed by atoms with Gasteiger partial charge in [-0.1, -0.05) is 18.2 Å². The van der Waals surface area contributed by atoms with Gasteiger partial charge in [-0.25, -0.2) is 4.39 Å². The highest BCUT2D eigenvalue weighted by Gasteiger charge is 2.42. The highest BCUT2D eigenvalue weighted by Crippen LogP contribution is 2.39. The molecule has 0 saturated carbocycles. The number of carbonyl (C=O) groups is 1. The van der Waals surface area contributed by atoms with E-state index in [2.05, 4.69) is 21.9 Å². The number of hydrogen-bond donors (Lipinski definition) is 0. The lowest BCUT2D eigenvalue weighted by atomic mass is 9.83. The zero-order chi connectivity index (χ0) is 23.7. The van der Waals surface area contributed by atoms with Crippen molar-refractivity contribution in [3.8, 4) is 5.75 Å². The third-order valence-electron chi connectivity index (χ3n) is 6.99. The van der Waals surface area contributed by atoms with Crippen LogP contribution in [0.2, 0.25) is 0 Å². The number of hydrogen-bond acceptors (Lipinski definition) is 5. The number of benzene rings is 2. The van der Waals surface area contributed by atoms with E-state index >= 15 is 0 Å². The van der Waals surface area contributed by atoms with Gasteiger partial charge in [-0.2, -0.15) is 0 Å². The lowest BCUT2D eigenvalue weighted by Gasteiger charge is -2.49. The SMILES string of the molecule is COc1ccc2c(c1)N1CCN(Cc3ccc(F)cc3)CC1C(C(=O)N(C)Cc1ccco1)C2. The van der Waals surface area contributed by atoms with E-state index in [9.17, 15) is 9.18 Å². The molecule has 7 heteroatoms. The molecule has 3 heterocycles. The highest BCUT2D eigenvalue weighted by molar-refractivity contribution is 5.82. The molecule has 0 radical (unpaired) electrons. The Balaban J connectivity index is 1.40. The molecule has 1 aromatic heterocycles. The van der Waals surface area contributed by atoms with Crippen molar-refractivity contribution in [2.24, 2.45) is 5.92 Å². The molecule has 2 aliphatic rings. The second kappa shape index (κ2) is 9.50. The minimum atomic E-state index is -0.225. The fraction of sp³-hybridized carbons (Fsp3) is 0.370. The number of anilines is 1. The number of methoxy groups -OCH3 is 1. The molecule has 0 bridgehead atoms. The standard InChI is InChI=1S/C27H30FN3O3/c1-29(17-23-4-3-13-34-23)27(32)24-14-20-7-10-22(33-2)15-25(20)31-12-11-30(18-26(24)31)16-19-5-8-21(28)9-6-19/h3-10,13,15,24,26H,11-12,14,16-18H2,1-2H3. The summed E-state index contributed by atoms with van der Waals surface area (Å²) in [5.41, 5.74) is 3.41. The zero-order valence-electron chi connectivity index (χ0n) is 19.6. The van der Waals surface area contributed by atoms with Crippen LogP contribution >= 0.6 is 0 Å². The Hall–Kier alpha value is -3.32. The number of halogens is 1. The van der Waals surface area contributed by atoms with E-state index in [1.807, 2.05) is 37.4 Å². The Kier molecular flexibility index (Phi) is 6.28. The van der Waals surface area contributed by atoms with Crippen molar-refractivity contribution in [3.63, 3.8) is 0 Å². The number of piperazine rings is 1. The molecule has 2 unspecified atom stereocenters. The summed E-state index contributed by atoms with van der Waals surface area (Å²) in [6.45, 7) is 3.63. The van der Waals surface area contributed by atoms with Crippen molar-refractivity contribution in [1.82, 2.24) is 9.80 Å². The first-order valence-electron chi connectivity index (χ1n) is 11.7. The fourth-order valence-corrected chi connectivity index (χ4v) is 5.24. The van der Waals surface area contributed by atoms with Crippen LogP contribution in [-0.4, -0.2) is 55.5 Å². The van der Waals surface area contributed by atoms with E-state index in [0.717, 1.165) is 48.9 Å². The monoisotopic (exact) mass is 463 g/mol. The van der Waals surface area contributed by atoms with Gasteiger partial charge in [-0.15, -0.1) is 0 Å². The Morgan fingerprint density at radius 2 is 2.00 bits per heavy atom. The van der Waals surface area contributed by atoms with Crippen LogP contribution < -0.4 is 9.64 Å². The van der Waals surface area contributed by atoms with Gasteiger partial charge in [0.25, 0.3) is 0 Å². The van der Waals surface area contributed by atoms with Gasteiger partial charge in [-0.3, -0.25) is 9.69 Å². The fourth-order valence-electron chi connectivity index (χ4n) is 5.24. The van der Waals surface area contributed by atoms with Crippen molar-refractivity contribution in [1.29, 1.82) is 0 Å². The minimum absolute atomic E-state index is 0.0420. The summed E-state index contributed by atoms with van der Waals surface area (Å²) < 4.78 is 24.3. The predicted octanol–water partition coefficient (Wildman–Crippen LogP) is 3.95. The Morgan fingerprint density at radius 3 is 2.74 bits per heavy atom. The van der Waals surface area contributed by atoms with Crippen molar-refractivity contribution in [2.45, 2.75) is 25.6 Å². The van der Waals surface area contributed by atoms with Gasteiger partial charge in [0.2, 0.25) is 5.91 Å². The molecule has 34 heavy (non-hydrogen) atoms. The third kappa shape index (κ3) is 4.53. The normalized spacial score (nSPS) is 19.9. The van der Waals surface area contributed by atoms with E-state index < -0.39 is 0 Å². The zero-order valence-corrected chi connectivity index (χ0v) is 19.6. The van der Waals surface area contributed by atoms with Gasteiger partial charge in [0.05, 0.1) is 31.9 Å². The van der Waals surface area contributed by atoms with Crippen LogP contribution in [0.4, 0.5) is 10.1 Å². The molecule has 3 aromatic rings. The van der Waals surface area contributed by atoms with Crippen LogP contribution in [0.15, 0.2) is 65.3 Å². The second-order valence-electron chi connectivity index (χ2n) is 9.20. The average molecular weight is 464 g/mol. The molecule has 2 aliphatic heterocycles. The van der Waals surface area contributed by atoms with Gasteiger partial charge >= 0.3 is 0 Å². The molecule has 1 saturated heterocycles. The minimum Gasteiger partial charge on any atom is -0.497 e. The maximum absolute atomic E-state index is 13.7. The lowest BCUT2D eigenvalue weighted by Crippen LogP contribution is -2.60. The van der Waals surface area contributed by atoms with E-state index in [-0.39, 0.29) is 23.7 Å². The van der Waals surface area contributed by atoms with Crippen LogP contribution in [0.25, 0.3) is 0 Å². The molecule has 6 nitrogen and oxygen atoms in total. The molecule has 2 aromatic carbocycles. The maximum atomic E-state index is 13.7. The smallest absolute Gasteiger partial charge is 0.228 e. The summed E-state index contributed by atoms with van der Waals surface area (Å²) in [6, 6.07) is 16.6. The topological polar surface area (TPSA) is 49.2 Å². The van der Waals surface area contributed by atoms with E-state index in [1.165, 1.54) is 17.7 Å². The molecule has 5 rings (SSSR count). The largest absolute Gasteiger partial charge is 0.497 e. The summed E-state index contributed by atoms with van der Waals surface area (Å²) in [6.07, 6.45) is 2.32. The molecule has 0 aliphatic carbocycles. The Bertz CT molecular complexity index is 1130. The van der Waals surface area contributed by atoms with Crippen LogP contribution in [-0.2, 0) is 24.3 Å². The number of ether oxygens (including phenoxy) is 1. The van der Waals surface area contributed by atoms with Gasteiger partial charge in [-0.05, 0) is 47.9 Å². The number of amides is 1. The number of fused-ring (bicyclic) bond motifs is 3. The van der Waals surface area contributed by atoms with Crippen molar-refractivity contribution < 1.29 is 18.3 Å².